The molecule has 5 nitrogen and oxygen atoms in total. The molecule has 1 heterocycles. The summed E-state index contributed by atoms with van der Waals surface area (Å²) in [6, 6.07) is 19.2. The summed E-state index contributed by atoms with van der Waals surface area (Å²) in [5.74, 6) is -0.692. The first-order chi connectivity index (χ1) is 13.5. The van der Waals surface area contributed by atoms with Crippen LogP contribution in [0.3, 0.4) is 0 Å². The molecule has 2 amide bonds. The number of anilines is 1. The third-order valence-electron chi connectivity index (χ3n) is 4.71. The predicted molar refractivity (Wildman–Crippen MR) is 113 cm³/mol. The molecule has 2 atom stereocenters. The maximum Gasteiger partial charge on any atom is 0.327 e. The van der Waals surface area contributed by atoms with Gasteiger partial charge in [-0.15, -0.1) is 11.8 Å². The van der Waals surface area contributed by atoms with Crippen LogP contribution in [0.2, 0.25) is 5.02 Å². The standard InChI is InChI=1S/C21H17ClN2O3S/c22-15-10-8-14(9-11-15)19-24(18(12-28-19)20(25)26)21(27)23-17-7-3-5-13-4-1-2-6-16(13)17/h1-11,18-19H,12H2,(H,23,27)(H,25,26)/t18-,19+/m1/s1. The fourth-order valence-corrected chi connectivity index (χ4v) is 4.89. The topological polar surface area (TPSA) is 69.6 Å². The van der Waals surface area contributed by atoms with Crippen LogP contribution in [0.5, 0.6) is 0 Å². The van der Waals surface area contributed by atoms with Crippen molar-refractivity contribution < 1.29 is 14.7 Å². The van der Waals surface area contributed by atoms with Crippen molar-refractivity contribution in [2.24, 2.45) is 0 Å². The largest absolute Gasteiger partial charge is 0.480 e. The number of benzene rings is 3. The van der Waals surface area contributed by atoms with Gasteiger partial charge >= 0.3 is 12.0 Å². The molecular weight excluding hydrogens is 396 g/mol. The number of nitrogens with one attached hydrogen (secondary N) is 1. The van der Waals surface area contributed by atoms with Gasteiger partial charge in [0.25, 0.3) is 0 Å². The second kappa shape index (κ2) is 7.73. The van der Waals surface area contributed by atoms with Crippen molar-refractivity contribution in [1.29, 1.82) is 0 Å². The van der Waals surface area contributed by atoms with E-state index in [1.165, 1.54) is 16.7 Å². The summed E-state index contributed by atoms with van der Waals surface area (Å²) in [6.07, 6.45) is 0. The quantitative estimate of drug-likeness (QED) is 0.618. The monoisotopic (exact) mass is 412 g/mol. The summed E-state index contributed by atoms with van der Waals surface area (Å²) < 4.78 is 0. The van der Waals surface area contributed by atoms with Gasteiger partial charge < -0.3 is 10.4 Å². The van der Waals surface area contributed by atoms with Crippen molar-refractivity contribution in [3.63, 3.8) is 0 Å². The van der Waals surface area contributed by atoms with E-state index in [1.807, 2.05) is 54.6 Å². The third-order valence-corrected chi connectivity index (χ3v) is 6.28. The van der Waals surface area contributed by atoms with Gasteiger partial charge in [0, 0.05) is 16.2 Å². The Bertz CT molecular complexity index is 1040. The van der Waals surface area contributed by atoms with Crippen LogP contribution >= 0.6 is 23.4 Å². The van der Waals surface area contributed by atoms with Crippen LogP contribution in [0.1, 0.15) is 10.9 Å². The number of fused-ring (bicyclic) bond motifs is 1. The minimum absolute atomic E-state index is 0.325. The van der Waals surface area contributed by atoms with E-state index in [1.54, 1.807) is 12.1 Å². The lowest BCUT2D eigenvalue weighted by atomic mass is 10.1. The Kier molecular flexibility index (Phi) is 5.15. The van der Waals surface area contributed by atoms with E-state index < -0.39 is 23.4 Å². The molecule has 1 saturated heterocycles. The summed E-state index contributed by atoms with van der Waals surface area (Å²) in [6.45, 7) is 0. The highest BCUT2D eigenvalue weighted by atomic mass is 35.5. The fourth-order valence-electron chi connectivity index (χ4n) is 3.34. The number of urea groups is 1. The molecule has 0 spiro atoms. The van der Waals surface area contributed by atoms with Crippen LogP contribution in [-0.4, -0.2) is 33.8 Å². The lowest BCUT2D eigenvalue weighted by molar-refractivity contribution is -0.141. The number of carboxylic acid groups (broad SMARTS) is 1. The molecule has 2 N–H and O–H groups in total. The number of carbonyl (C=O) groups is 2. The predicted octanol–water partition coefficient (Wildman–Crippen LogP) is 5.23. The lowest BCUT2D eigenvalue weighted by Gasteiger charge is -2.28. The van der Waals surface area contributed by atoms with Crippen LogP contribution in [0.4, 0.5) is 10.5 Å². The number of carboxylic acids is 1. The Hall–Kier alpha value is -2.70. The van der Waals surface area contributed by atoms with E-state index in [9.17, 15) is 14.7 Å². The molecule has 1 aliphatic heterocycles. The molecule has 0 bridgehead atoms. The second-order valence-corrected chi connectivity index (χ2v) is 8.01. The smallest absolute Gasteiger partial charge is 0.327 e. The van der Waals surface area contributed by atoms with Crippen molar-refractivity contribution in [2.75, 3.05) is 11.1 Å². The summed E-state index contributed by atoms with van der Waals surface area (Å²) in [4.78, 5) is 26.3. The molecule has 1 aliphatic rings. The van der Waals surface area contributed by atoms with E-state index in [0.717, 1.165) is 16.3 Å². The van der Waals surface area contributed by atoms with Crippen molar-refractivity contribution in [1.82, 2.24) is 4.90 Å². The number of halogens is 1. The molecule has 7 heteroatoms. The molecule has 0 radical (unpaired) electrons. The van der Waals surface area contributed by atoms with Gasteiger partial charge in [-0.05, 0) is 29.1 Å². The molecule has 0 saturated carbocycles. The lowest BCUT2D eigenvalue weighted by Crippen LogP contribution is -2.45. The Balaban J connectivity index is 1.67. The van der Waals surface area contributed by atoms with Gasteiger partial charge in [0.1, 0.15) is 11.4 Å². The number of carbonyl (C=O) groups excluding carboxylic acids is 1. The first kappa shape index (κ1) is 18.7. The highest BCUT2D eigenvalue weighted by Crippen LogP contribution is 2.42. The molecular formula is C21H17ClN2O3S. The fraction of sp³-hybridized carbons (Fsp3) is 0.143. The van der Waals surface area contributed by atoms with Crippen molar-refractivity contribution >= 4 is 51.8 Å². The molecule has 142 valence electrons. The maximum absolute atomic E-state index is 13.1. The van der Waals surface area contributed by atoms with Crippen molar-refractivity contribution in [3.05, 3.63) is 77.3 Å². The Labute approximate surface area is 171 Å². The van der Waals surface area contributed by atoms with E-state index in [4.69, 9.17) is 11.6 Å². The SMILES string of the molecule is O=C(O)[C@H]1CS[C@@H](c2ccc(Cl)cc2)N1C(=O)Nc1cccc2ccccc12. The van der Waals surface area contributed by atoms with Gasteiger partial charge in [-0.2, -0.15) is 0 Å². The molecule has 1 fully saturated rings. The highest BCUT2D eigenvalue weighted by Gasteiger charge is 2.42. The Morgan fingerprint density at radius 1 is 1.04 bits per heavy atom. The average Bonchev–Trinajstić information content (AvgIpc) is 3.14. The number of hydrogen-bond acceptors (Lipinski definition) is 3. The zero-order valence-corrected chi connectivity index (χ0v) is 16.3. The molecule has 3 aromatic rings. The third kappa shape index (κ3) is 3.53. The van der Waals surface area contributed by atoms with Crippen molar-refractivity contribution in [2.45, 2.75) is 11.4 Å². The van der Waals surface area contributed by atoms with E-state index in [0.29, 0.717) is 16.5 Å². The highest BCUT2D eigenvalue weighted by molar-refractivity contribution is 7.99. The number of thioether (sulfide) groups is 1. The molecule has 0 unspecified atom stereocenters. The van der Waals surface area contributed by atoms with Crippen LogP contribution in [0, 0.1) is 0 Å². The minimum Gasteiger partial charge on any atom is -0.480 e. The maximum atomic E-state index is 13.1. The summed E-state index contributed by atoms with van der Waals surface area (Å²) in [7, 11) is 0. The van der Waals surface area contributed by atoms with Gasteiger partial charge in [0.2, 0.25) is 0 Å². The summed E-state index contributed by atoms with van der Waals surface area (Å²) in [5.41, 5.74) is 1.49. The molecule has 0 aromatic heterocycles. The Morgan fingerprint density at radius 2 is 1.75 bits per heavy atom. The zero-order chi connectivity index (χ0) is 19.7. The van der Waals surface area contributed by atoms with Crippen LogP contribution in [0.25, 0.3) is 10.8 Å². The molecule has 3 aromatic carbocycles. The average molecular weight is 413 g/mol. The van der Waals surface area contributed by atoms with Crippen LogP contribution in [-0.2, 0) is 4.79 Å². The van der Waals surface area contributed by atoms with Gasteiger partial charge in [0.05, 0.1) is 5.69 Å². The molecule has 28 heavy (non-hydrogen) atoms. The van der Waals surface area contributed by atoms with E-state index in [-0.39, 0.29) is 0 Å². The number of aliphatic carboxylic acids is 1. The van der Waals surface area contributed by atoms with E-state index >= 15 is 0 Å². The zero-order valence-electron chi connectivity index (χ0n) is 14.7. The normalized spacial score (nSPS) is 19.0. The first-order valence-corrected chi connectivity index (χ1v) is 10.1. The minimum atomic E-state index is -1.02. The Morgan fingerprint density at radius 3 is 2.50 bits per heavy atom. The van der Waals surface area contributed by atoms with Crippen LogP contribution < -0.4 is 5.32 Å². The van der Waals surface area contributed by atoms with Gasteiger partial charge in [-0.25, -0.2) is 9.59 Å². The molecule has 0 aliphatic carbocycles. The van der Waals surface area contributed by atoms with Gasteiger partial charge in [-0.3, -0.25) is 4.90 Å². The van der Waals surface area contributed by atoms with Gasteiger partial charge in [0.15, 0.2) is 0 Å². The van der Waals surface area contributed by atoms with Gasteiger partial charge in [-0.1, -0.05) is 60.1 Å². The second-order valence-electron chi connectivity index (χ2n) is 6.46. The summed E-state index contributed by atoms with van der Waals surface area (Å²) >= 11 is 7.39. The van der Waals surface area contributed by atoms with Crippen LogP contribution in [0.15, 0.2) is 66.7 Å². The number of nitrogens with zero attached hydrogens (tertiary/aromatic N) is 1. The summed E-state index contributed by atoms with van der Waals surface area (Å²) in [5, 5.41) is 14.6. The number of amides is 2. The molecule has 4 rings (SSSR count). The number of rotatable bonds is 3. The number of hydrogen-bond donors (Lipinski definition) is 2. The first-order valence-electron chi connectivity index (χ1n) is 8.71. The van der Waals surface area contributed by atoms with Crippen molar-refractivity contribution in [3.8, 4) is 0 Å². The van der Waals surface area contributed by atoms with E-state index in [2.05, 4.69) is 5.32 Å².